The summed E-state index contributed by atoms with van der Waals surface area (Å²) in [7, 11) is 0. The number of amides is 1. The fourth-order valence-corrected chi connectivity index (χ4v) is 2.25. The van der Waals surface area contributed by atoms with E-state index in [0.29, 0.717) is 19.3 Å². The van der Waals surface area contributed by atoms with E-state index in [1.54, 1.807) is 0 Å². The van der Waals surface area contributed by atoms with Gasteiger partial charge >= 0.3 is 0 Å². The summed E-state index contributed by atoms with van der Waals surface area (Å²) in [5, 5.41) is 6.04. The molecule has 0 spiro atoms. The molecule has 4 nitrogen and oxygen atoms in total. The Labute approximate surface area is 103 Å². The maximum atomic E-state index is 11.7. The number of hydrogen-bond donors (Lipinski definition) is 2. The van der Waals surface area contributed by atoms with Gasteiger partial charge in [-0.1, -0.05) is 12.8 Å². The van der Waals surface area contributed by atoms with Crippen LogP contribution in [0.3, 0.4) is 0 Å². The fourth-order valence-electron chi connectivity index (χ4n) is 2.25. The summed E-state index contributed by atoms with van der Waals surface area (Å²) < 4.78 is 5.69. The quantitative estimate of drug-likeness (QED) is 0.554. The molecule has 0 unspecified atom stereocenters. The molecular weight excluding hydrogens is 216 g/mol. The molecule has 1 aliphatic heterocycles. The Morgan fingerprint density at radius 3 is 2.71 bits per heavy atom. The summed E-state index contributed by atoms with van der Waals surface area (Å²) in [5.74, 6) is 0.0523. The molecule has 4 heteroatoms. The number of rotatable bonds is 5. The Hall–Kier alpha value is -0.870. The highest BCUT2D eigenvalue weighted by Gasteiger charge is 2.17. The van der Waals surface area contributed by atoms with Gasteiger partial charge in [0.25, 0.3) is 0 Å². The van der Waals surface area contributed by atoms with Gasteiger partial charge in [0.1, 0.15) is 0 Å². The first-order valence-corrected chi connectivity index (χ1v) is 6.56. The second kappa shape index (κ2) is 6.17. The van der Waals surface area contributed by atoms with Crippen molar-refractivity contribution >= 4 is 5.91 Å². The third kappa shape index (κ3) is 3.54. The molecule has 2 rings (SSSR count). The van der Waals surface area contributed by atoms with E-state index in [9.17, 15) is 4.79 Å². The topological polar surface area (TPSA) is 50.4 Å². The fraction of sp³-hybridized carbons (Fsp3) is 0.769. The highest BCUT2D eigenvalue weighted by molar-refractivity contribution is 5.93. The van der Waals surface area contributed by atoms with Crippen LogP contribution < -0.4 is 10.6 Å². The molecule has 0 aromatic carbocycles. The van der Waals surface area contributed by atoms with Crippen LogP contribution in [0.25, 0.3) is 0 Å². The van der Waals surface area contributed by atoms with Crippen molar-refractivity contribution in [1.82, 2.24) is 10.6 Å². The van der Waals surface area contributed by atoms with E-state index in [1.807, 2.05) is 6.92 Å². The van der Waals surface area contributed by atoms with Crippen LogP contribution in [0.15, 0.2) is 11.1 Å². The lowest BCUT2D eigenvalue weighted by Crippen LogP contribution is -2.38. The number of ether oxygens (including phenoxy) is 1. The summed E-state index contributed by atoms with van der Waals surface area (Å²) in [6, 6.07) is 0. The Bertz CT molecular complexity index is 301. The van der Waals surface area contributed by atoms with Crippen molar-refractivity contribution in [2.75, 3.05) is 26.2 Å². The molecule has 1 aliphatic carbocycles. The van der Waals surface area contributed by atoms with Crippen LogP contribution in [0, 0.1) is 0 Å². The van der Waals surface area contributed by atoms with Crippen LogP contribution in [-0.4, -0.2) is 38.3 Å². The highest BCUT2D eigenvalue weighted by Crippen LogP contribution is 2.20. The molecule has 2 aliphatic rings. The lowest BCUT2D eigenvalue weighted by atomic mass is 10.0. The second-order valence-corrected chi connectivity index (χ2v) is 4.87. The van der Waals surface area contributed by atoms with Crippen molar-refractivity contribution < 1.29 is 9.53 Å². The molecule has 1 heterocycles. The molecule has 0 aromatic rings. The van der Waals surface area contributed by atoms with Gasteiger partial charge in [0.15, 0.2) is 0 Å². The third-order valence-electron chi connectivity index (χ3n) is 3.59. The largest absolute Gasteiger partial charge is 0.376 e. The van der Waals surface area contributed by atoms with Crippen molar-refractivity contribution in [1.29, 1.82) is 0 Å². The van der Waals surface area contributed by atoms with Gasteiger partial charge < -0.3 is 15.4 Å². The van der Waals surface area contributed by atoms with Gasteiger partial charge in [0.2, 0.25) is 5.91 Å². The Kier molecular flexibility index (Phi) is 4.57. The summed E-state index contributed by atoms with van der Waals surface area (Å²) >= 11 is 0. The maximum absolute atomic E-state index is 11.7. The first-order valence-electron chi connectivity index (χ1n) is 6.56. The predicted molar refractivity (Wildman–Crippen MR) is 66.8 cm³/mol. The van der Waals surface area contributed by atoms with Crippen molar-refractivity contribution in [2.45, 2.75) is 38.7 Å². The molecule has 1 saturated heterocycles. The van der Waals surface area contributed by atoms with Crippen molar-refractivity contribution in [3.05, 3.63) is 11.1 Å². The van der Waals surface area contributed by atoms with E-state index in [0.717, 1.165) is 18.7 Å². The number of carbonyl (C=O) groups excluding carboxylic acids is 1. The average molecular weight is 238 g/mol. The number of carbonyl (C=O) groups is 1. The normalized spacial score (nSPS) is 20.2. The standard InChI is InChI=1S/C13H22N2O2/c1-10(11-8-14-9-11)13(16)15-6-7-17-12-4-2-3-5-12/h12,14H,2-9H2,1H3,(H,15,16). The zero-order valence-electron chi connectivity index (χ0n) is 10.6. The molecule has 2 N–H and O–H groups in total. The van der Waals surface area contributed by atoms with E-state index in [2.05, 4.69) is 10.6 Å². The van der Waals surface area contributed by atoms with Crippen LogP contribution >= 0.6 is 0 Å². The van der Waals surface area contributed by atoms with Gasteiger partial charge in [-0.25, -0.2) is 0 Å². The molecule has 96 valence electrons. The maximum Gasteiger partial charge on any atom is 0.247 e. The van der Waals surface area contributed by atoms with Crippen LogP contribution in [0.4, 0.5) is 0 Å². The van der Waals surface area contributed by atoms with Crippen molar-refractivity contribution in [3.63, 3.8) is 0 Å². The lowest BCUT2D eigenvalue weighted by molar-refractivity contribution is -0.117. The Morgan fingerprint density at radius 1 is 1.41 bits per heavy atom. The first kappa shape index (κ1) is 12.6. The van der Waals surface area contributed by atoms with Crippen molar-refractivity contribution in [2.24, 2.45) is 0 Å². The summed E-state index contributed by atoms with van der Waals surface area (Å²) in [6.45, 7) is 4.86. The first-order chi connectivity index (χ1) is 8.27. The predicted octanol–water partition coefficient (Wildman–Crippen LogP) is 0.981. The summed E-state index contributed by atoms with van der Waals surface area (Å²) in [6.07, 6.45) is 5.37. The molecule has 0 atom stereocenters. The summed E-state index contributed by atoms with van der Waals surface area (Å²) in [5.41, 5.74) is 2.09. The molecule has 0 radical (unpaired) electrons. The average Bonchev–Trinajstić information content (AvgIpc) is 2.74. The minimum absolute atomic E-state index is 0.0523. The molecule has 17 heavy (non-hydrogen) atoms. The van der Waals surface area contributed by atoms with Gasteiger partial charge in [-0.3, -0.25) is 4.79 Å². The summed E-state index contributed by atoms with van der Waals surface area (Å²) in [4.78, 5) is 11.7. The van der Waals surface area contributed by atoms with Crippen molar-refractivity contribution in [3.8, 4) is 0 Å². The van der Waals surface area contributed by atoms with E-state index in [4.69, 9.17) is 4.74 Å². The smallest absolute Gasteiger partial charge is 0.247 e. The zero-order chi connectivity index (χ0) is 12.1. The SMILES string of the molecule is CC(C(=O)NCCOC1CCCC1)=C1CNC1. The van der Waals surface area contributed by atoms with Crippen LogP contribution in [0.2, 0.25) is 0 Å². The second-order valence-electron chi connectivity index (χ2n) is 4.87. The van der Waals surface area contributed by atoms with E-state index < -0.39 is 0 Å². The van der Waals surface area contributed by atoms with Crippen LogP contribution in [0.1, 0.15) is 32.6 Å². The Morgan fingerprint density at radius 2 is 2.12 bits per heavy atom. The Balaban J connectivity index is 1.59. The van der Waals surface area contributed by atoms with Gasteiger partial charge in [-0.05, 0) is 25.3 Å². The molecule has 1 amide bonds. The van der Waals surface area contributed by atoms with Crippen LogP contribution in [-0.2, 0) is 9.53 Å². The van der Waals surface area contributed by atoms with Gasteiger partial charge in [-0.2, -0.15) is 0 Å². The lowest BCUT2D eigenvalue weighted by Gasteiger charge is -2.21. The number of hydrogen-bond acceptors (Lipinski definition) is 3. The van der Waals surface area contributed by atoms with Crippen LogP contribution in [0.5, 0.6) is 0 Å². The van der Waals surface area contributed by atoms with Gasteiger partial charge in [-0.15, -0.1) is 0 Å². The minimum atomic E-state index is 0.0523. The highest BCUT2D eigenvalue weighted by atomic mass is 16.5. The van der Waals surface area contributed by atoms with E-state index in [-0.39, 0.29) is 5.91 Å². The van der Waals surface area contributed by atoms with E-state index in [1.165, 1.54) is 31.3 Å². The number of nitrogens with one attached hydrogen (secondary N) is 2. The van der Waals surface area contributed by atoms with Gasteiger partial charge in [0.05, 0.1) is 12.7 Å². The molecule has 0 aromatic heterocycles. The third-order valence-corrected chi connectivity index (χ3v) is 3.59. The van der Waals surface area contributed by atoms with Gasteiger partial charge in [0, 0.05) is 25.2 Å². The molecule has 2 fully saturated rings. The monoisotopic (exact) mass is 238 g/mol. The molecule has 0 bridgehead atoms. The zero-order valence-corrected chi connectivity index (χ0v) is 10.6. The molecular formula is C13H22N2O2. The molecule has 1 saturated carbocycles. The minimum Gasteiger partial charge on any atom is -0.376 e. The van der Waals surface area contributed by atoms with E-state index >= 15 is 0 Å².